The Labute approximate surface area is 72.7 Å². The molecule has 0 N–H and O–H groups in total. The molecule has 1 aliphatic rings. The summed E-state index contributed by atoms with van der Waals surface area (Å²) in [6, 6.07) is 8.15. The number of para-hydroxylation sites is 1. The fourth-order valence-corrected chi connectivity index (χ4v) is 1.71. The van der Waals surface area contributed by atoms with Crippen LogP contribution < -0.4 is 4.74 Å². The quantitative estimate of drug-likeness (QED) is 0.574. The van der Waals surface area contributed by atoms with E-state index in [4.69, 9.17) is 4.74 Å². The van der Waals surface area contributed by atoms with Gasteiger partial charge in [-0.1, -0.05) is 24.3 Å². The maximum Gasteiger partial charge on any atom is 0.123 e. The van der Waals surface area contributed by atoms with Crippen molar-refractivity contribution in [3.8, 4) is 5.75 Å². The van der Waals surface area contributed by atoms with E-state index in [2.05, 4.69) is 19.6 Å². The van der Waals surface area contributed by atoms with Crippen molar-refractivity contribution in [1.29, 1.82) is 0 Å². The predicted molar refractivity (Wildman–Crippen MR) is 49.5 cm³/mol. The fraction of sp³-hybridized carbons (Fsp3) is 0.273. The lowest BCUT2D eigenvalue weighted by atomic mass is 9.97. The van der Waals surface area contributed by atoms with Gasteiger partial charge in [0.05, 0.1) is 0 Å². The van der Waals surface area contributed by atoms with Gasteiger partial charge in [-0.05, 0) is 13.0 Å². The molecule has 2 atom stereocenters. The van der Waals surface area contributed by atoms with E-state index in [1.54, 1.807) is 0 Å². The van der Waals surface area contributed by atoms with Crippen molar-refractivity contribution in [3.05, 3.63) is 42.5 Å². The minimum Gasteiger partial charge on any atom is -0.489 e. The van der Waals surface area contributed by atoms with Crippen LogP contribution in [0, 0.1) is 0 Å². The molecule has 0 saturated carbocycles. The topological polar surface area (TPSA) is 9.23 Å². The number of hydrogen-bond donors (Lipinski definition) is 0. The highest BCUT2D eigenvalue weighted by atomic mass is 16.5. The summed E-state index contributed by atoms with van der Waals surface area (Å²) in [6.07, 6.45) is 2.19. The van der Waals surface area contributed by atoms with Gasteiger partial charge in [0.2, 0.25) is 0 Å². The van der Waals surface area contributed by atoms with Crippen molar-refractivity contribution in [2.24, 2.45) is 0 Å². The average Bonchev–Trinajstić information content (AvgIpc) is 2.40. The molecule has 0 fully saturated rings. The molecule has 0 bridgehead atoms. The molecule has 62 valence electrons. The fourth-order valence-electron chi connectivity index (χ4n) is 1.71. The molecule has 0 radical (unpaired) electrons. The SMILES string of the molecule is C=CC1c2ccccc2OC1C. The van der Waals surface area contributed by atoms with Crippen molar-refractivity contribution >= 4 is 0 Å². The molecule has 0 aromatic heterocycles. The number of hydrogen-bond acceptors (Lipinski definition) is 1. The molecular formula is C11H12O. The van der Waals surface area contributed by atoms with Crippen LogP contribution in [0.4, 0.5) is 0 Å². The Hall–Kier alpha value is -1.24. The zero-order chi connectivity index (χ0) is 8.55. The number of ether oxygens (including phenoxy) is 1. The minimum absolute atomic E-state index is 0.236. The Morgan fingerprint density at radius 3 is 2.92 bits per heavy atom. The monoisotopic (exact) mass is 160 g/mol. The molecule has 1 heterocycles. The average molecular weight is 160 g/mol. The van der Waals surface area contributed by atoms with E-state index < -0.39 is 0 Å². The third kappa shape index (κ3) is 0.934. The number of rotatable bonds is 1. The maximum atomic E-state index is 5.64. The Balaban J connectivity index is 2.47. The molecule has 1 nitrogen and oxygen atoms in total. The van der Waals surface area contributed by atoms with Crippen LogP contribution in [0.15, 0.2) is 36.9 Å². The highest BCUT2D eigenvalue weighted by Crippen LogP contribution is 2.38. The van der Waals surface area contributed by atoms with Gasteiger partial charge < -0.3 is 4.74 Å². The predicted octanol–water partition coefficient (Wildman–Crippen LogP) is 2.74. The van der Waals surface area contributed by atoms with Gasteiger partial charge in [-0.3, -0.25) is 0 Å². The van der Waals surface area contributed by atoms with Crippen molar-refractivity contribution < 1.29 is 4.74 Å². The molecule has 2 unspecified atom stereocenters. The lowest BCUT2D eigenvalue weighted by Crippen LogP contribution is -2.11. The first-order chi connectivity index (χ1) is 5.83. The van der Waals surface area contributed by atoms with Crippen LogP contribution in [0.2, 0.25) is 0 Å². The van der Waals surface area contributed by atoms with Gasteiger partial charge in [0.25, 0.3) is 0 Å². The summed E-state index contributed by atoms with van der Waals surface area (Å²) in [4.78, 5) is 0. The van der Waals surface area contributed by atoms with Crippen molar-refractivity contribution in [2.75, 3.05) is 0 Å². The Kier molecular flexibility index (Phi) is 1.65. The Morgan fingerprint density at radius 2 is 2.17 bits per heavy atom. The van der Waals surface area contributed by atoms with E-state index in [0.29, 0.717) is 5.92 Å². The van der Waals surface area contributed by atoms with Gasteiger partial charge in [-0.15, -0.1) is 6.58 Å². The van der Waals surface area contributed by atoms with Gasteiger partial charge in [0.15, 0.2) is 0 Å². The number of fused-ring (bicyclic) bond motifs is 1. The first-order valence-corrected chi connectivity index (χ1v) is 4.21. The van der Waals surface area contributed by atoms with E-state index >= 15 is 0 Å². The summed E-state index contributed by atoms with van der Waals surface area (Å²) in [5, 5.41) is 0. The normalized spacial score (nSPS) is 26.1. The van der Waals surface area contributed by atoms with Crippen LogP contribution in [-0.2, 0) is 0 Å². The smallest absolute Gasteiger partial charge is 0.123 e. The third-order valence-electron chi connectivity index (χ3n) is 2.35. The van der Waals surface area contributed by atoms with Crippen LogP contribution >= 0.6 is 0 Å². The molecule has 0 spiro atoms. The molecule has 0 amide bonds. The maximum absolute atomic E-state index is 5.64. The summed E-state index contributed by atoms with van der Waals surface area (Å²) in [7, 11) is 0. The van der Waals surface area contributed by atoms with Gasteiger partial charge >= 0.3 is 0 Å². The lowest BCUT2D eigenvalue weighted by molar-refractivity contribution is 0.241. The highest BCUT2D eigenvalue weighted by Gasteiger charge is 2.27. The van der Waals surface area contributed by atoms with Crippen LogP contribution in [0.5, 0.6) is 5.75 Å². The van der Waals surface area contributed by atoms with E-state index in [1.165, 1.54) is 5.56 Å². The van der Waals surface area contributed by atoms with E-state index in [0.717, 1.165) is 5.75 Å². The summed E-state index contributed by atoms with van der Waals surface area (Å²) in [6.45, 7) is 5.89. The first-order valence-electron chi connectivity index (χ1n) is 4.21. The Morgan fingerprint density at radius 1 is 1.42 bits per heavy atom. The zero-order valence-corrected chi connectivity index (χ0v) is 7.16. The largest absolute Gasteiger partial charge is 0.489 e. The molecule has 1 heteroatoms. The molecule has 0 saturated heterocycles. The zero-order valence-electron chi connectivity index (χ0n) is 7.16. The van der Waals surface area contributed by atoms with E-state index in [1.807, 2.05) is 24.3 Å². The van der Waals surface area contributed by atoms with Crippen molar-refractivity contribution in [3.63, 3.8) is 0 Å². The third-order valence-corrected chi connectivity index (χ3v) is 2.35. The second-order valence-electron chi connectivity index (χ2n) is 3.12. The Bertz CT molecular complexity index is 304. The molecule has 1 aromatic rings. The highest BCUT2D eigenvalue weighted by molar-refractivity contribution is 5.42. The first kappa shape index (κ1) is 7.41. The second kappa shape index (κ2) is 2.67. The van der Waals surface area contributed by atoms with Crippen LogP contribution in [0.3, 0.4) is 0 Å². The second-order valence-corrected chi connectivity index (χ2v) is 3.12. The van der Waals surface area contributed by atoms with Gasteiger partial charge in [-0.2, -0.15) is 0 Å². The molecular weight excluding hydrogens is 148 g/mol. The standard InChI is InChI=1S/C11H12O/c1-3-9-8(2)12-11-7-5-4-6-10(9)11/h3-9H,1H2,2H3. The van der Waals surface area contributed by atoms with Crippen LogP contribution in [0.1, 0.15) is 18.4 Å². The lowest BCUT2D eigenvalue weighted by Gasteiger charge is -2.08. The number of benzene rings is 1. The summed E-state index contributed by atoms with van der Waals surface area (Å²) >= 11 is 0. The molecule has 1 aromatic carbocycles. The van der Waals surface area contributed by atoms with E-state index in [9.17, 15) is 0 Å². The minimum atomic E-state index is 0.236. The van der Waals surface area contributed by atoms with Crippen LogP contribution in [0.25, 0.3) is 0 Å². The summed E-state index contributed by atoms with van der Waals surface area (Å²) < 4.78 is 5.64. The molecule has 1 aliphatic heterocycles. The van der Waals surface area contributed by atoms with Gasteiger partial charge in [0.1, 0.15) is 11.9 Å². The van der Waals surface area contributed by atoms with Crippen LogP contribution in [-0.4, -0.2) is 6.10 Å². The molecule has 12 heavy (non-hydrogen) atoms. The molecule has 2 rings (SSSR count). The van der Waals surface area contributed by atoms with E-state index in [-0.39, 0.29) is 6.10 Å². The van der Waals surface area contributed by atoms with Crippen molar-refractivity contribution in [1.82, 2.24) is 0 Å². The summed E-state index contributed by atoms with van der Waals surface area (Å²) in [5.41, 5.74) is 1.26. The van der Waals surface area contributed by atoms with Gasteiger partial charge in [-0.25, -0.2) is 0 Å². The van der Waals surface area contributed by atoms with Gasteiger partial charge in [0, 0.05) is 11.5 Å². The van der Waals surface area contributed by atoms with Crippen molar-refractivity contribution in [2.45, 2.75) is 18.9 Å². The molecule has 0 aliphatic carbocycles. The summed E-state index contributed by atoms with van der Waals surface area (Å²) in [5.74, 6) is 1.37.